The van der Waals surface area contributed by atoms with Gasteiger partial charge in [0, 0.05) is 23.8 Å². The van der Waals surface area contributed by atoms with Crippen LogP contribution in [-0.4, -0.2) is 40.1 Å². The second-order valence-corrected chi connectivity index (χ2v) is 8.18. The maximum Gasteiger partial charge on any atom is 0.274 e. The number of nitrogens with zero attached hydrogens (tertiary/aromatic N) is 3. The highest BCUT2D eigenvalue weighted by Crippen LogP contribution is 2.26. The molecule has 7 nitrogen and oxygen atoms in total. The van der Waals surface area contributed by atoms with E-state index in [0.717, 1.165) is 16.8 Å². The Morgan fingerprint density at radius 2 is 1.88 bits per heavy atom. The van der Waals surface area contributed by atoms with Crippen LogP contribution in [0.15, 0.2) is 71.3 Å². The van der Waals surface area contributed by atoms with Gasteiger partial charge in [0.1, 0.15) is 5.69 Å². The van der Waals surface area contributed by atoms with E-state index in [9.17, 15) is 9.59 Å². The van der Waals surface area contributed by atoms with Gasteiger partial charge in [0.2, 0.25) is 5.91 Å². The Morgan fingerprint density at radius 1 is 1.09 bits per heavy atom. The number of carbonyl (C=O) groups excluding carboxylic acids is 2. The van der Waals surface area contributed by atoms with Crippen LogP contribution < -0.4 is 5.32 Å². The molecule has 0 aliphatic rings. The molecule has 0 fully saturated rings. The fourth-order valence-corrected chi connectivity index (χ4v) is 3.63. The first-order valence-electron chi connectivity index (χ1n) is 10.3. The Morgan fingerprint density at radius 3 is 2.61 bits per heavy atom. The highest BCUT2D eigenvalue weighted by Gasteiger charge is 2.22. The molecule has 168 valence electrons. The first-order valence-corrected chi connectivity index (χ1v) is 10.7. The highest BCUT2D eigenvalue weighted by atomic mass is 35.5. The van der Waals surface area contributed by atoms with Crippen LogP contribution in [0.25, 0.3) is 17.1 Å². The molecule has 0 bridgehead atoms. The highest BCUT2D eigenvalue weighted by molar-refractivity contribution is 6.30. The van der Waals surface area contributed by atoms with E-state index in [2.05, 4.69) is 10.4 Å². The van der Waals surface area contributed by atoms with Crippen molar-refractivity contribution >= 4 is 29.1 Å². The van der Waals surface area contributed by atoms with E-state index < -0.39 is 0 Å². The Hall–Kier alpha value is -3.84. The molecule has 2 aromatic carbocycles. The summed E-state index contributed by atoms with van der Waals surface area (Å²) in [6.45, 7) is 3.80. The SMILES string of the molecule is Cc1cccc(NC(=O)CN(C)C(=O)c2cc(-c3ccco3)n(-c3cccc(Cl)c3)n2)c1C. The quantitative estimate of drug-likeness (QED) is 0.431. The maximum atomic E-state index is 13.1. The number of aromatic nitrogens is 2. The Balaban J connectivity index is 1.57. The summed E-state index contributed by atoms with van der Waals surface area (Å²) >= 11 is 6.15. The molecular weight excluding hydrogens is 440 g/mol. The lowest BCUT2D eigenvalue weighted by Gasteiger charge is -2.16. The predicted molar refractivity (Wildman–Crippen MR) is 128 cm³/mol. The summed E-state index contributed by atoms with van der Waals surface area (Å²) in [6, 6.07) is 18.0. The molecule has 2 amide bonds. The first kappa shape index (κ1) is 22.4. The van der Waals surface area contributed by atoms with Crippen molar-refractivity contribution < 1.29 is 14.0 Å². The van der Waals surface area contributed by atoms with Crippen LogP contribution in [0.5, 0.6) is 0 Å². The van der Waals surface area contributed by atoms with Gasteiger partial charge in [0.05, 0.1) is 18.5 Å². The molecule has 1 N–H and O–H groups in total. The van der Waals surface area contributed by atoms with E-state index in [1.54, 1.807) is 54.4 Å². The molecule has 4 rings (SSSR count). The number of aryl methyl sites for hydroxylation is 1. The minimum absolute atomic E-state index is 0.119. The van der Waals surface area contributed by atoms with Gasteiger partial charge in [-0.05, 0) is 61.4 Å². The summed E-state index contributed by atoms with van der Waals surface area (Å²) < 4.78 is 7.13. The molecule has 0 saturated carbocycles. The van der Waals surface area contributed by atoms with Gasteiger partial charge in [-0.2, -0.15) is 5.10 Å². The molecule has 0 aliphatic carbocycles. The lowest BCUT2D eigenvalue weighted by molar-refractivity contribution is -0.116. The number of halogens is 1. The average Bonchev–Trinajstić information content (AvgIpc) is 3.46. The van der Waals surface area contributed by atoms with Crippen molar-refractivity contribution in [1.82, 2.24) is 14.7 Å². The molecule has 8 heteroatoms. The van der Waals surface area contributed by atoms with Crippen LogP contribution in [0.2, 0.25) is 5.02 Å². The molecule has 0 radical (unpaired) electrons. The molecule has 0 atom stereocenters. The van der Waals surface area contributed by atoms with Crippen molar-refractivity contribution in [3.05, 3.63) is 88.8 Å². The summed E-state index contributed by atoms with van der Waals surface area (Å²) in [7, 11) is 1.57. The first-order chi connectivity index (χ1) is 15.8. The average molecular weight is 463 g/mol. The van der Waals surface area contributed by atoms with Gasteiger partial charge >= 0.3 is 0 Å². The fraction of sp³-hybridized carbons (Fsp3) is 0.160. The number of benzene rings is 2. The molecule has 2 aromatic heterocycles. The predicted octanol–water partition coefficient (Wildman–Crippen LogP) is 5.11. The fourth-order valence-electron chi connectivity index (χ4n) is 3.45. The van der Waals surface area contributed by atoms with Crippen molar-refractivity contribution in [1.29, 1.82) is 0 Å². The molecule has 0 aliphatic heterocycles. The summed E-state index contributed by atoms with van der Waals surface area (Å²) in [6.07, 6.45) is 1.55. The van der Waals surface area contributed by atoms with Crippen LogP contribution in [0.4, 0.5) is 5.69 Å². The van der Waals surface area contributed by atoms with Crippen molar-refractivity contribution in [2.24, 2.45) is 0 Å². The van der Waals surface area contributed by atoms with Crippen molar-refractivity contribution in [3.63, 3.8) is 0 Å². The number of rotatable bonds is 6. The zero-order valence-corrected chi connectivity index (χ0v) is 19.3. The number of amides is 2. The lowest BCUT2D eigenvalue weighted by atomic mass is 10.1. The van der Waals surface area contributed by atoms with Gasteiger partial charge in [0.15, 0.2) is 11.5 Å². The Kier molecular flexibility index (Phi) is 6.33. The van der Waals surface area contributed by atoms with Gasteiger partial charge in [-0.1, -0.05) is 29.8 Å². The minimum Gasteiger partial charge on any atom is -0.463 e. The van der Waals surface area contributed by atoms with Gasteiger partial charge in [0.25, 0.3) is 5.91 Å². The molecular formula is C25H23ClN4O3. The summed E-state index contributed by atoms with van der Waals surface area (Å²) in [5.74, 6) is -0.128. The number of furan rings is 1. The van der Waals surface area contributed by atoms with Crippen LogP contribution in [0, 0.1) is 13.8 Å². The monoisotopic (exact) mass is 462 g/mol. The van der Waals surface area contributed by atoms with Crippen molar-refractivity contribution in [2.45, 2.75) is 13.8 Å². The topological polar surface area (TPSA) is 80.4 Å². The third-order valence-corrected chi connectivity index (χ3v) is 5.60. The Labute approximate surface area is 196 Å². The van der Waals surface area contributed by atoms with E-state index >= 15 is 0 Å². The number of nitrogens with one attached hydrogen (secondary N) is 1. The number of hydrogen-bond donors (Lipinski definition) is 1. The number of hydrogen-bond acceptors (Lipinski definition) is 4. The molecule has 0 unspecified atom stereocenters. The number of carbonyl (C=O) groups is 2. The van der Waals surface area contributed by atoms with Crippen LogP contribution >= 0.6 is 11.6 Å². The summed E-state index contributed by atoms with van der Waals surface area (Å²) in [5.41, 5.74) is 4.26. The summed E-state index contributed by atoms with van der Waals surface area (Å²) in [5, 5.41) is 7.90. The van der Waals surface area contributed by atoms with Crippen LogP contribution in [-0.2, 0) is 4.79 Å². The second-order valence-electron chi connectivity index (χ2n) is 7.74. The van der Waals surface area contributed by atoms with Gasteiger partial charge < -0.3 is 14.6 Å². The smallest absolute Gasteiger partial charge is 0.274 e. The third kappa shape index (κ3) is 4.83. The van der Waals surface area contributed by atoms with Gasteiger partial charge in [-0.15, -0.1) is 0 Å². The van der Waals surface area contributed by atoms with Crippen molar-refractivity contribution in [2.75, 3.05) is 18.9 Å². The zero-order valence-electron chi connectivity index (χ0n) is 18.5. The molecule has 33 heavy (non-hydrogen) atoms. The van der Waals surface area contributed by atoms with E-state index in [4.69, 9.17) is 16.0 Å². The maximum absolute atomic E-state index is 13.1. The van der Waals surface area contributed by atoms with Crippen molar-refractivity contribution in [3.8, 4) is 17.1 Å². The van der Waals surface area contributed by atoms with E-state index in [0.29, 0.717) is 22.2 Å². The molecule has 0 saturated heterocycles. The largest absolute Gasteiger partial charge is 0.463 e. The van der Waals surface area contributed by atoms with Gasteiger partial charge in [-0.25, -0.2) is 4.68 Å². The minimum atomic E-state index is -0.389. The number of likely N-dealkylation sites (N-methyl/N-ethyl adjacent to an activating group) is 1. The molecule has 0 spiro atoms. The van der Waals surface area contributed by atoms with E-state index in [1.807, 2.05) is 38.1 Å². The van der Waals surface area contributed by atoms with E-state index in [-0.39, 0.29) is 24.1 Å². The third-order valence-electron chi connectivity index (χ3n) is 5.36. The van der Waals surface area contributed by atoms with Crippen LogP contribution in [0.3, 0.4) is 0 Å². The van der Waals surface area contributed by atoms with E-state index in [1.165, 1.54) is 4.90 Å². The summed E-state index contributed by atoms with van der Waals surface area (Å²) in [4.78, 5) is 27.0. The van der Waals surface area contributed by atoms with Gasteiger partial charge in [-0.3, -0.25) is 9.59 Å². The second kappa shape index (κ2) is 9.34. The lowest BCUT2D eigenvalue weighted by Crippen LogP contribution is -2.35. The molecule has 2 heterocycles. The molecule has 4 aromatic rings. The Bertz CT molecular complexity index is 1310. The normalized spacial score (nSPS) is 10.8. The number of anilines is 1. The standard InChI is InChI=1S/C25H23ClN4O3/c1-16-7-4-10-20(17(16)2)27-24(31)15-29(3)25(32)21-14-22(23-11-6-12-33-23)30(28-21)19-9-5-8-18(26)13-19/h4-14H,15H2,1-3H3,(H,27,31). The zero-order chi connectivity index (χ0) is 23.5. The van der Waals surface area contributed by atoms with Crippen LogP contribution in [0.1, 0.15) is 21.6 Å².